The Morgan fingerprint density at radius 2 is 1.95 bits per heavy atom. The van der Waals surface area contributed by atoms with E-state index in [9.17, 15) is 14.4 Å². The molecular weight excluding hydrogens is 262 g/mol. The fourth-order valence-electron chi connectivity index (χ4n) is 2.84. The van der Waals surface area contributed by atoms with Crippen LogP contribution < -0.4 is 5.32 Å². The lowest BCUT2D eigenvalue weighted by Gasteiger charge is -2.37. The van der Waals surface area contributed by atoms with E-state index in [0.717, 1.165) is 19.5 Å². The zero-order chi connectivity index (χ0) is 14.5. The molecule has 1 atom stereocenters. The molecule has 3 amide bonds. The number of nitrogens with one attached hydrogen (secondary N) is 1. The Bertz CT molecular complexity index is 399. The van der Waals surface area contributed by atoms with Crippen molar-refractivity contribution >= 4 is 17.9 Å². The highest BCUT2D eigenvalue weighted by Gasteiger charge is 2.32. The van der Waals surface area contributed by atoms with Crippen molar-refractivity contribution in [3.8, 4) is 0 Å². The van der Waals surface area contributed by atoms with Crippen molar-refractivity contribution in [3.05, 3.63) is 0 Å². The number of carbonyl (C=O) groups is 3. The fraction of sp³-hybridized carbons (Fsp3) is 0.769. The van der Waals surface area contributed by atoms with Crippen LogP contribution >= 0.6 is 0 Å². The molecule has 0 saturated carbocycles. The summed E-state index contributed by atoms with van der Waals surface area (Å²) in [7, 11) is 0. The highest BCUT2D eigenvalue weighted by molar-refractivity contribution is 5.94. The van der Waals surface area contributed by atoms with Gasteiger partial charge in [-0.25, -0.2) is 4.79 Å². The van der Waals surface area contributed by atoms with Crippen molar-refractivity contribution < 1.29 is 19.5 Å². The molecule has 7 nitrogen and oxygen atoms in total. The van der Waals surface area contributed by atoms with E-state index in [2.05, 4.69) is 10.2 Å². The lowest BCUT2D eigenvalue weighted by atomic mass is 10.1. The van der Waals surface area contributed by atoms with Gasteiger partial charge in [0.05, 0.1) is 0 Å². The number of piperazine rings is 1. The molecule has 20 heavy (non-hydrogen) atoms. The average Bonchev–Trinajstić information content (AvgIpc) is 2.85. The fourth-order valence-corrected chi connectivity index (χ4v) is 2.84. The quantitative estimate of drug-likeness (QED) is 0.772. The van der Waals surface area contributed by atoms with Crippen LogP contribution in [0.1, 0.15) is 32.1 Å². The van der Waals surface area contributed by atoms with Crippen LogP contribution in [0.4, 0.5) is 4.79 Å². The number of carboxylic acids is 1. The Morgan fingerprint density at radius 1 is 1.15 bits per heavy atom. The van der Waals surface area contributed by atoms with Gasteiger partial charge in [0.2, 0.25) is 5.91 Å². The van der Waals surface area contributed by atoms with Crippen LogP contribution in [0.2, 0.25) is 0 Å². The van der Waals surface area contributed by atoms with E-state index in [0.29, 0.717) is 19.1 Å². The molecule has 0 aliphatic carbocycles. The number of fused-ring (bicyclic) bond motifs is 1. The Balaban J connectivity index is 1.71. The van der Waals surface area contributed by atoms with Gasteiger partial charge in [-0.3, -0.25) is 19.8 Å². The standard InChI is InChI=1S/C13H21N3O4/c17-11(4-1-5-12(18)19)14-13(20)16-8-7-15-6-2-3-10(15)9-16/h10H,1-9H2,(H,18,19)(H,14,17,20). The van der Waals surface area contributed by atoms with E-state index >= 15 is 0 Å². The summed E-state index contributed by atoms with van der Waals surface area (Å²) in [4.78, 5) is 37.9. The van der Waals surface area contributed by atoms with Gasteiger partial charge >= 0.3 is 12.0 Å². The number of hydrogen-bond acceptors (Lipinski definition) is 4. The molecule has 2 aliphatic rings. The molecular formula is C13H21N3O4. The summed E-state index contributed by atoms with van der Waals surface area (Å²) in [6, 6.07) is 0.0773. The number of nitrogens with zero attached hydrogens (tertiary/aromatic N) is 2. The topological polar surface area (TPSA) is 89.9 Å². The molecule has 2 N–H and O–H groups in total. The van der Waals surface area contributed by atoms with Crippen LogP contribution in [-0.2, 0) is 9.59 Å². The SMILES string of the molecule is O=C(O)CCCC(=O)NC(=O)N1CCN2CCCC2C1. The zero-order valence-corrected chi connectivity index (χ0v) is 11.5. The lowest BCUT2D eigenvalue weighted by molar-refractivity contribution is -0.137. The predicted octanol–water partition coefficient (Wildman–Crippen LogP) is 0.258. The maximum atomic E-state index is 12.0. The molecule has 2 fully saturated rings. The number of amides is 3. The van der Waals surface area contributed by atoms with Gasteiger partial charge in [-0.2, -0.15) is 0 Å². The van der Waals surface area contributed by atoms with E-state index in [1.165, 1.54) is 6.42 Å². The zero-order valence-electron chi connectivity index (χ0n) is 11.5. The van der Waals surface area contributed by atoms with Crippen molar-refractivity contribution in [2.45, 2.75) is 38.1 Å². The summed E-state index contributed by atoms with van der Waals surface area (Å²) in [6.07, 6.45) is 2.55. The third-order valence-corrected chi connectivity index (χ3v) is 3.92. The van der Waals surface area contributed by atoms with Crippen molar-refractivity contribution in [1.29, 1.82) is 0 Å². The third kappa shape index (κ3) is 3.93. The summed E-state index contributed by atoms with van der Waals surface area (Å²) >= 11 is 0. The summed E-state index contributed by atoms with van der Waals surface area (Å²) in [5.41, 5.74) is 0. The van der Waals surface area contributed by atoms with Crippen LogP contribution in [0.15, 0.2) is 0 Å². The first-order valence-corrected chi connectivity index (χ1v) is 7.11. The molecule has 2 heterocycles. The van der Waals surface area contributed by atoms with Crippen LogP contribution in [0.3, 0.4) is 0 Å². The van der Waals surface area contributed by atoms with Crippen LogP contribution in [0.25, 0.3) is 0 Å². The molecule has 1 unspecified atom stereocenters. The van der Waals surface area contributed by atoms with Crippen molar-refractivity contribution in [2.24, 2.45) is 0 Å². The Labute approximate surface area is 117 Å². The summed E-state index contributed by atoms with van der Waals surface area (Å²) in [6.45, 7) is 3.29. The third-order valence-electron chi connectivity index (χ3n) is 3.92. The second kappa shape index (κ2) is 6.69. The minimum atomic E-state index is -0.929. The van der Waals surface area contributed by atoms with Crippen LogP contribution in [0, 0.1) is 0 Å². The number of rotatable bonds is 4. The number of hydrogen-bond donors (Lipinski definition) is 2. The summed E-state index contributed by atoms with van der Waals surface area (Å²) in [5.74, 6) is -1.33. The summed E-state index contributed by atoms with van der Waals surface area (Å²) in [5, 5.41) is 10.8. The first-order chi connectivity index (χ1) is 9.56. The molecule has 2 aliphatic heterocycles. The Kier molecular flexibility index (Phi) is 4.94. The van der Waals surface area contributed by atoms with Crippen molar-refractivity contribution in [2.75, 3.05) is 26.2 Å². The van der Waals surface area contributed by atoms with Gasteiger partial charge in [0.15, 0.2) is 0 Å². The van der Waals surface area contributed by atoms with E-state index < -0.39 is 11.9 Å². The van der Waals surface area contributed by atoms with Gasteiger partial charge in [0.25, 0.3) is 0 Å². The average molecular weight is 283 g/mol. The molecule has 2 saturated heterocycles. The Hall–Kier alpha value is -1.63. The van der Waals surface area contributed by atoms with E-state index in [1.54, 1.807) is 4.90 Å². The molecule has 0 radical (unpaired) electrons. The number of urea groups is 1. The van der Waals surface area contributed by atoms with Crippen molar-refractivity contribution in [3.63, 3.8) is 0 Å². The first-order valence-electron chi connectivity index (χ1n) is 7.11. The van der Waals surface area contributed by atoms with Gasteiger partial charge in [-0.05, 0) is 25.8 Å². The molecule has 0 bridgehead atoms. The highest BCUT2D eigenvalue weighted by Crippen LogP contribution is 2.21. The van der Waals surface area contributed by atoms with Gasteiger partial charge < -0.3 is 10.0 Å². The number of carbonyl (C=O) groups excluding carboxylic acids is 2. The van der Waals surface area contributed by atoms with E-state index in [1.807, 2.05) is 0 Å². The minimum absolute atomic E-state index is 0.0532. The van der Waals surface area contributed by atoms with Crippen molar-refractivity contribution in [1.82, 2.24) is 15.1 Å². The largest absolute Gasteiger partial charge is 0.481 e. The molecule has 2 rings (SSSR count). The molecule has 0 aromatic heterocycles. The first kappa shape index (κ1) is 14.8. The number of imide groups is 1. The number of aliphatic carboxylic acids is 1. The van der Waals surface area contributed by atoms with Crippen LogP contribution in [-0.4, -0.2) is 65.0 Å². The van der Waals surface area contributed by atoms with Crippen LogP contribution in [0.5, 0.6) is 0 Å². The monoisotopic (exact) mass is 283 g/mol. The van der Waals surface area contributed by atoms with Gasteiger partial charge in [0, 0.05) is 38.5 Å². The molecule has 112 valence electrons. The molecule has 7 heteroatoms. The molecule has 0 spiro atoms. The molecule has 0 aromatic rings. The van der Waals surface area contributed by atoms with E-state index in [-0.39, 0.29) is 25.3 Å². The van der Waals surface area contributed by atoms with Gasteiger partial charge in [0.1, 0.15) is 0 Å². The maximum Gasteiger partial charge on any atom is 0.324 e. The van der Waals surface area contributed by atoms with Gasteiger partial charge in [-0.1, -0.05) is 0 Å². The smallest absolute Gasteiger partial charge is 0.324 e. The summed E-state index contributed by atoms with van der Waals surface area (Å²) < 4.78 is 0. The lowest BCUT2D eigenvalue weighted by Crippen LogP contribution is -2.55. The Morgan fingerprint density at radius 3 is 2.70 bits per heavy atom. The minimum Gasteiger partial charge on any atom is -0.481 e. The second-order valence-electron chi connectivity index (χ2n) is 5.38. The number of carboxylic acid groups (broad SMARTS) is 1. The van der Waals surface area contributed by atoms with E-state index in [4.69, 9.17) is 5.11 Å². The predicted molar refractivity (Wildman–Crippen MR) is 71.2 cm³/mol. The second-order valence-corrected chi connectivity index (χ2v) is 5.38. The normalized spacial score (nSPS) is 22.4. The highest BCUT2D eigenvalue weighted by atomic mass is 16.4. The van der Waals surface area contributed by atoms with Gasteiger partial charge in [-0.15, -0.1) is 0 Å². The molecule has 0 aromatic carbocycles. The maximum absolute atomic E-state index is 12.0.